The van der Waals surface area contributed by atoms with E-state index in [1.165, 1.54) is 41.7 Å². The molecule has 15 amide bonds. The van der Waals surface area contributed by atoms with Crippen molar-refractivity contribution in [2.24, 2.45) is 34.6 Å². The third-order valence-electron chi connectivity index (χ3n) is 19.6. The van der Waals surface area contributed by atoms with Gasteiger partial charge in [0.25, 0.3) is 0 Å². The number of fused-ring (bicyclic) bond motifs is 1. The number of likely N-dealkylation sites (tertiary alicyclic amines) is 1. The number of aromatic nitrogens is 3. The first kappa shape index (κ1) is 95.2. The number of unbranched alkanes of at least 4 members (excludes halogenated alkanes) is 2. The van der Waals surface area contributed by atoms with Crippen LogP contribution in [0.1, 0.15) is 120 Å². The number of hydrogen-bond acceptors (Lipinski definition) is 22. The standard InChI is InChI=1S/C78H113N23O18/c1-43(2)65(66(82)108)100-76(118)62-22-14-32-101(62)77(119)55(20-10-12-30-80)91-64(107)39-88-67(109)58(35-47-37-87-51-18-8-7-17-50(47)51)97-69(111)53(21-13-31-86-78(83)84)92-71(113)56(33-45-15-5-4-6-16-45)95-73(115)59(36-48-38-85-42-89-48)98-70(112)54(27-28-63(81)106)94-68(110)52(19-9-11-29-79)93-75(117)61(41-103)99-72(114)57(34-46-23-25-49(105)26-24-46)96-74(116)60(40-102)90-44(3)104/h4-8,15-18,23-26,37-38,42-43,52-62,65,87,102-103,105H,9-14,19-22,27-36,39-41,79-80H2,1-3H3,(H2,81,106)(H2,82,108)(H,85,89)(H,88,109)(H,90,104)(H,91,107)(H,92,113)(H,93,117)(H,94,110)(H,95,115)(H,96,116)(H,97,111)(H,98,112)(H,99,114)(H,100,118)(H4,83,84,86)/t52-,53-,54-,55-,56+,57-,58-,59-,60-,61-,62-,65-/m0/s1. The van der Waals surface area contributed by atoms with Gasteiger partial charge in [-0.05, 0) is 125 Å². The summed E-state index contributed by atoms with van der Waals surface area (Å²) in [7, 11) is 0. The molecule has 3 aromatic carbocycles. The number of rotatable bonds is 51. The summed E-state index contributed by atoms with van der Waals surface area (Å²) in [6.45, 7) is 2.33. The van der Waals surface area contributed by atoms with E-state index >= 15 is 14.4 Å². The van der Waals surface area contributed by atoms with Crippen molar-refractivity contribution in [1.82, 2.24) is 89.0 Å². The van der Waals surface area contributed by atoms with Gasteiger partial charge in [-0.3, -0.25) is 77.3 Å². The molecule has 41 nitrogen and oxygen atoms in total. The summed E-state index contributed by atoms with van der Waals surface area (Å²) in [5.74, 6) is -14.5. The van der Waals surface area contributed by atoms with Crippen LogP contribution in [-0.4, -0.2) is 248 Å². The molecular formula is C78H113N23O18. The molecule has 0 spiro atoms. The van der Waals surface area contributed by atoms with Gasteiger partial charge in [0.2, 0.25) is 88.6 Å². The predicted molar refractivity (Wildman–Crippen MR) is 433 cm³/mol. The topological polar surface area (TPSA) is 675 Å². The van der Waals surface area contributed by atoms with Gasteiger partial charge in [-0.15, -0.1) is 0 Å². The molecule has 0 unspecified atom stereocenters. The minimum absolute atomic E-state index is 0.00148. The maximum atomic E-state index is 15.2. The van der Waals surface area contributed by atoms with Crippen molar-refractivity contribution in [3.05, 3.63) is 120 Å². The van der Waals surface area contributed by atoms with E-state index in [9.17, 15) is 72.9 Å². The summed E-state index contributed by atoms with van der Waals surface area (Å²) in [5.41, 5.74) is 30.7. The minimum Gasteiger partial charge on any atom is -0.508 e. The number of phenols is 1. The van der Waals surface area contributed by atoms with Crippen LogP contribution >= 0.6 is 0 Å². The maximum absolute atomic E-state index is 15.2. The van der Waals surface area contributed by atoms with Gasteiger partial charge in [0.05, 0.1) is 26.1 Å². The number of phenolic OH excluding ortho intramolecular Hbond substituents is 1. The van der Waals surface area contributed by atoms with Crippen molar-refractivity contribution in [3.8, 4) is 5.75 Å². The molecule has 0 bridgehead atoms. The average molecular weight is 1660 g/mol. The van der Waals surface area contributed by atoms with Crippen LogP contribution < -0.4 is 97.8 Å². The van der Waals surface area contributed by atoms with Gasteiger partial charge in [0, 0.05) is 81.1 Å². The third-order valence-corrected chi connectivity index (χ3v) is 19.6. The van der Waals surface area contributed by atoms with Crippen molar-refractivity contribution in [2.75, 3.05) is 45.9 Å². The van der Waals surface area contributed by atoms with E-state index in [-0.39, 0.29) is 108 Å². The zero-order valence-corrected chi connectivity index (χ0v) is 66.8. The molecule has 29 N–H and O–H groups in total. The van der Waals surface area contributed by atoms with E-state index in [1.54, 1.807) is 74.6 Å². The fraction of sp³-hybridized carbons (Fsp3) is 0.500. The first-order valence-corrected chi connectivity index (χ1v) is 39.3. The molecule has 0 radical (unpaired) electrons. The second-order valence-electron chi connectivity index (χ2n) is 29.2. The molecule has 41 heteroatoms. The van der Waals surface area contributed by atoms with Gasteiger partial charge in [-0.1, -0.05) is 74.5 Å². The van der Waals surface area contributed by atoms with E-state index < -0.39 is 200 Å². The Labute approximate surface area is 686 Å². The Morgan fingerprint density at radius 2 is 1.02 bits per heavy atom. The molecule has 1 saturated heterocycles. The molecule has 1 fully saturated rings. The molecule has 119 heavy (non-hydrogen) atoms. The van der Waals surface area contributed by atoms with Gasteiger partial charge >= 0.3 is 0 Å². The largest absolute Gasteiger partial charge is 0.508 e. The van der Waals surface area contributed by atoms with Crippen LogP contribution in [0.5, 0.6) is 5.75 Å². The summed E-state index contributed by atoms with van der Waals surface area (Å²) in [5, 5.41) is 72.2. The van der Waals surface area contributed by atoms with Crippen LogP contribution in [0.4, 0.5) is 0 Å². The molecule has 6 rings (SSSR count). The lowest BCUT2D eigenvalue weighted by atomic mass is 10.0. The number of amides is 15. The van der Waals surface area contributed by atoms with Crippen LogP contribution in [-0.2, 0) is 97.6 Å². The molecule has 12 atom stereocenters. The number of para-hydroxylation sites is 1. The Morgan fingerprint density at radius 1 is 0.529 bits per heavy atom. The highest BCUT2D eigenvalue weighted by Gasteiger charge is 2.41. The highest BCUT2D eigenvalue weighted by Crippen LogP contribution is 2.23. The number of carbonyl (C=O) groups is 15. The Balaban J connectivity index is 1.26. The monoisotopic (exact) mass is 1660 g/mol. The molecule has 5 aromatic rings. The maximum Gasteiger partial charge on any atom is 0.245 e. The number of hydrogen-bond donors (Lipinski definition) is 24. The Bertz CT molecular complexity index is 4260. The van der Waals surface area contributed by atoms with Gasteiger partial charge < -0.3 is 128 Å². The number of aliphatic hydroxyl groups excluding tert-OH is 2. The first-order valence-electron chi connectivity index (χ1n) is 39.3. The summed E-state index contributed by atoms with van der Waals surface area (Å²) < 4.78 is 0. The van der Waals surface area contributed by atoms with E-state index in [2.05, 4.69) is 84.1 Å². The van der Waals surface area contributed by atoms with Crippen molar-refractivity contribution in [3.63, 3.8) is 0 Å². The van der Waals surface area contributed by atoms with E-state index in [1.807, 2.05) is 0 Å². The smallest absolute Gasteiger partial charge is 0.245 e. The molecule has 648 valence electrons. The molecule has 1 aliphatic heterocycles. The Hall–Kier alpha value is -12.6. The minimum atomic E-state index is -1.84. The molecule has 0 saturated carbocycles. The number of aromatic amines is 2. The lowest BCUT2D eigenvalue weighted by Gasteiger charge is -2.30. The summed E-state index contributed by atoms with van der Waals surface area (Å²) in [6.07, 6.45) is 3.82. The lowest BCUT2D eigenvalue weighted by Crippen LogP contribution is -2.61. The number of aliphatic hydroxyl groups is 2. The number of primary amides is 2. The van der Waals surface area contributed by atoms with E-state index in [4.69, 9.17) is 34.1 Å². The van der Waals surface area contributed by atoms with Crippen LogP contribution in [0.2, 0.25) is 0 Å². The van der Waals surface area contributed by atoms with Crippen LogP contribution in [0.15, 0.2) is 97.6 Å². The van der Waals surface area contributed by atoms with Gasteiger partial charge in [-0.2, -0.15) is 0 Å². The Kier molecular flexibility index (Phi) is 39.0. The van der Waals surface area contributed by atoms with Gasteiger partial charge in [-0.25, -0.2) is 4.98 Å². The first-order chi connectivity index (χ1) is 56.8. The molecule has 2 aromatic heterocycles. The second-order valence-corrected chi connectivity index (χ2v) is 29.2. The highest BCUT2D eigenvalue weighted by atomic mass is 16.3. The van der Waals surface area contributed by atoms with Crippen LogP contribution in [0.3, 0.4) is 0 Å². The normalized spacial score (nSPS) is 15.2. The molecular weight excluding hydrogens is 1550 g/mol. The fourth-order valence-corrected chi connectivity index (χ4v) is 13.2. The number of aromatic hydroxyl groups is 1. The zero-order valence-electron chi connectivity index (χ0n) is 66.8. The average Bonchev–Trinajstić information content (AvgIpc) is 1.67. The fourth-order valence-electron chi connectivity index (χ4n) is 13.2. The molecule has 1 aliphatic rings. The SMILES string of the molecule is CC(=O)N[C@@H](CO)C(=O)N[C@@H](Cc1ccc(O)cc1)C(=O)N[C@@H](CO)C(=O)N[C@@H](CCCCN)C(=O)N[C@@H](CCC(N)=O)C(=O)N[C@@H](Cc1cnc[nH]1)C(=O)N[C@H](Cc1ccccc1)C(=O)N[C@@H](CCCNC(=N)N)C(=O)N[C@@H](Cc1c[nH]c2ccccc12)C(=O)NCC(=O)N[C@@H](CCCCN)C(=O)N1CCC[C@H]1C(=O)N[C@H](C(N)=O)C(C)C. The van der Waals surface area contributed by atoms with Gasteiger partial charge in [0.15, 0.2) is 5.96 Å². The summed E-state index contributed by atoms with van der Waals surface area (Å²) >= 11 is 0. The quantitative estimate of drug-likeness (QED) is 0.00980. The second kappa shape index (κ2) is 48.8. The van der Waals surface area contributed by atoms with Crippen LogP contribution in [0, 0.1) is 11.3 Å². The number of imidazole rings is 1. The van der Waals surface area contributed by atoms with E-state index in [0.717, 1.165) is 6.92 Å². The lowest BCUT2D eigenvalue weighted by molar-refractivity contribution is -0.142. The van der Waals surface area contributed by atoms with Crippen molar-refractivity contribution < 1.29 is 87.2 Å². The van der Waals surface area contributed by atoms with Gasteiger partial charge in [0.1, 0.15) is 78.3 Å². The number of carbonyl (C=O) groups excluding carboxylic acids is 15. The number of nitrogens with two attached hydrogens (primary N) is 5. The van der Waals surface area contributed by atoms with Crippen molar-refractivity contribution in [2.45, 2.75) is 196 Å². The number of benzene rings is 3. The number of H-pyrrole nitrogens is 2. The number of nitrogens with zero attached hydrogens (tertiary/aromatic N) is 2. The predicted octanol–water partition coefficient (Wildman–Crippen LogP) is -5.76. The number of guanidine groups is 1. The summed E-state index contributed by atoms with van der Waals surface area (Å²) in [6, 6.07) is 3.08. The summed E-state index contributed by atoms with van der Waals surface area (Å²) in [4.78, 5) is 221. The Morgan fingerprint density at radius 3 is 1.54 bits per heavy atom. The zero-order chi connectivity index (χ0) is 87.3. The van der Waals surface area contributed by atoms with E-state index in [0.29, 0.717) is 53.3 Å². The molecule has 3 heterocycles. The molecule has 0 aliphatic carbocycles. The third kappa shape index (κ3) is 31.4. The van der Waals surface area contributed by atoms with Crippen molar-refractivity contribution >= 4 is 105 Å². The highest BCUT2D eigenvalue weighted by molar-refractivity contribution is 6.00. The number of nitrogens with one attached hydrogen (secondary N) is 16. The van der Waals surface area contributed by atoms with Crippen LogP contribution in [0.25, 0.3) is 10.9 Å². The van der Waals surface area contributed by atoms with Crippen molar-refractivity contribution in [1.29, 1.82) is 5.41 Å².